The zero-order valence-corrected chi connectivity index (χ0v) is 19.0. The van der Waals surface area contributed by atoms with Gasteiger partial charge in [-0.15, -0.1) is 11.3 Å². The van der Waals surface area contributed by atoms with Crippen LogP contribution in [0.4, 0.5) is 5.69 Å². The summed E-state index contributed by atoms with van der Waals surface area (Å²) in [6.07, 6.45) is 3.88. The molecule has 0 bridgehead atoms. The number of amides is 1. The molecule has 1 saturated heterocycles. The standard InChI is InChI=1S/C25H29N3O2S/c1-19-26-22(18-31-19)17-30-24-12-8-21(9-13-24)25(29)27(2)16-20-6-10-23(11-7-20)28-14-4-3-5-15-28/h6-13,18H,3-5,14-17H2,1-2H3. The molecule has 1 aliphatic rings. The van der Waals surface area contributed by atoms with Crippen molar-refractivity contribution in [1.29, 1.82) is 0 Å². The van der Waals surface area contributed by atoms with Crippen molar-refractivity contribution in [3.8, 4) is 5.75 Å². The predicted octanol–water partition coefficient (Wildman–Crippen LogP) is 5.29. The monoisotopic (exact) mass is 435 g/mol. The third-order valence-corrected chi connectivity index (χ3v) is 6.40. The van der Waals surface area contributed by atoms with Gasteiger partial charge in [0.05, 0.1) is 10.7 Å². The zero-order chi connectivity index (χ0) is 21.6. The Labute approximate surface area is 188 Å². The summed E-state index contributed by atoms with van der Waals surface area (Å²) >= 11 is 1.61. The summed E-state index contributed by atoms with van der Waals surface area (Å²) < 4.78 is 5.77. The highest BCUT2D eigenvalue weighted by Gasteiger charge is 2.14. The topological polar surface area (TPSA) is 45.7 Å². The Morgan fingerprint density at radius 2 is 1.77 bits per heavy atom. The van der Waals surface area contributed by atoms with Crippen molar-refractivity contribution in [3.63, 3.8) is 0 Å². The Hall–Kier alpha value is -2.86. The summed E-state index contributed by atoms with van der Waals surface area (Å²) in [5.74, 6) is 0.736. The van der Waals surface area contributed by atoms with E-state index < -0.39 is 0 Å². The minimum absolute atomic E-state index is 0.00165. The molecule has 0 spiro atoms. The first-order valence-corrected chi connectivity index (χ1v) is 11.7. The number of carbonyl (C=O) groups is 1. The molecule has 0 radical (unpaired) electrons. The second-order valence-electron chi connectivity index (χ2n) is 8.05. The fourth-order valence-corrected chi connectivity index (χ4v) is 4.45. The average molecular weight is 436 g/mol. The summed E-state index contributed by atoms with van der Waals surface area (Å²) in [5.41, 5.74) is 3.99. The van der Waals surface area contributed by atoms with Crippen LogP contribution in [0.1, 0.15) is 45.9 Å². The van der Waals surface area contributed by atoms with Crippen molar-refractivity contribution in [1.82, 2.24) is 9.88 Å². The van der Waals surface area contributed by atoms with Gasteiger partial charge in [0.15, 0.2) is 0 Å². The first kappa shape index (κ1) is 21.4. The number of thiazole rings is 1. The lowest BCUT2D eigenvalue weighted by Gasteiger charge is -2.29. The van der Waals surface area contributed by atoms with E-state index in [9.17, 15) is 4.79 Å². The van der Waals surface area contributed by atoms with Gasteiger partial charge in [0, 0.05) is 43.3 Å². The Balaban J connectivity index is 1.31. The second kappa shape index (κ2) is 9.96. The molecule has 0 unspecified atom stereocenters. The van der Waals surface area contributed by atoms with E-state index >= 15 is 0 Å². The van der Waals surface area contributed by atoms with Crippen LogP contribution < -0.4 is 9.64 Å². The van der Waals surface area contributed by atoms with Crippen molar-refractivity contribution in [2.45, 2.75) is 39.3 Å². The van der Waals surface area contributed by atoms with E-state index in [4.69, 9.17) is 4.74 Å². The van der Waals surface area contributed by atoms with Crippen molar-refractivity contribution in [2.24, 2.45) is 0 Å². The molecule has 5 nitrogen and oxygen atoms in total. The molecule has 6 heteroatoms. The maximum absolute atomic E-state index is 12.8. The molecule has 31 heavy (non-hydrogen) atoms. The highest BCUT2D eigenvalue weighted by Crippen LogP contribution is 2.21. The smallest absolute Gasteiger partial charge is 0.253 e. The van der Waals surface area contributed by atoms with E-state index in [-0.39, 0.29) is 5.91 Å². The fourth-order valence-electron chi connectivity index (χ4n) is 3.86. The largest absolute Gasteiger partial charge is 0.487 e. The summed E-state index contributed by atoms with van der Waals surface area (Å²) in [4.78, 5) is 21.4. The van der Waals surface area contributed by atoms with Gasteiger partial charge in [-0.3, -0.25) is 4.79 Å². The highest BCUT2D eigenvalue weighted by molar-refractivity contribution is 7.09. The van der Waals surface area contributed by atoms with Gasteiger partial charge in [-0.25, -0.2) is 4.98 Å². The molecule has 2 heterocycles. The number of aryl methyl sites for hydroxylation is 1. The highest BCUT2D eigenvalue weighted by atomic mass is 32.1. The lowest BCUT2D eigenvalue weighted by Crippen LogP contribution is -2.29. The van der Waals surface area contributed by atoms with Gasteiger partial charge in [-0.1, -0.05) is 12.1 Å². The molecule has 0 atom stereocenters. The molecule has 1 aliphatic heterocycles. The van der Waals surface area contributed by atoms with Crippen LogP contribution in [0.5, 0.6) is 5.75 Å². The molecular weight excluding hydrogens is 406 g/mol. The van der Waals surface area contributed by atoms with E-state index in [0.717, 1.165) is 35.1 Å². The van der Waals surface area contributed by atoms with E-state index in [1.165, 1.54) is 24.9 Å². The van der Waals surface area contributed by atoms with Crippen LogP contribution in [0.2, 0.25) is 0 Å². The summed E-state index contributed by atoms with van der Waals surface area (Å²) in [5, 5.41) is 3.03. The molecule has 0 aliphatic carbocycles. The Kier molecular flexibility index (Phi) is 6.87. The number of hydrogen-bond acceptors (Lipinski definition) is 5. The summed E-state index contributed by atoms with van der Waals surface area (Å²) in [7, 11) is 1.84. The van der Waals surface area contributed by atoms with Crippen LogP contribution >= 0.6 is 11.3 Å². The quantitative estimate of drug-likeness (QED) is 0.506. The molecule has 1 fully saturated rings. The van der Waals surface area contributed by atoms with Crippen molar-refractivity contribution in [2.75, 3.05) is 25.0 Å². The SMILES string of the molecule is Cc1nc(COc2ccc(C(=O)N(C)Cc3ccc(N4CCCCC4)cc3)cc2)cs1. The van der Waals surface area contributed by atoms with Gasteiger partial charge in [0.1, 0.15) is 12.4 Å². The number of piperidine rings is 1. The van der Waals surface area contributed by atoms with Gasteiger partial charge in [0.2, 0.25) is 0 Å². The van der Waals surface area contributed by atoms with Crippen LogP contribution in [0.3, 0.4) is 0 Å². The summed E-state index contributed by atoms with van der Waals surface area (Å²) in [6, 6.07) is 15.9. The van der Waals surface area contributed by atoms with Crippen molar-refractivity contribution < 1.29 is 9.53 Å². The molecular formula is C25H29N3O2S. The number of benzene rings is 2. The van der Waals surface area contributed by atoms with E-state index in [2.05, 4.69) is 34.1 Å². The minimum atomic E-state index is 0.00165. The molecule has 4 rings (SSSR count). The molecule has 1 aromatic heterocycles. The molecule has 0 saturated carbocycles. The van der Waals surface area contributed by atoms with Crippen LogP contribution in [0.25, 0.3) is 0 Å². The van der Waals surface area contributed by atoms with Gasteiger partial charge in [0.25, 0.3) is 5.91 Å². The minimum Gasteiger partial charge on any atom is -0.487 e. The van der Waals surface area contributed by atoms with Crippen molar-refractivity contribution >= 4 is 22.9 Å². The molecule has 0 N–H and O–H groups in total. The van der Waals surface area contributed by atoms with Crippen LogP contribution in [0.15, 0.2) is 53.9 Å². The average Bonchev–Trinajstić information content (AvgIpc) is 3.23. The number of carbonyl (C=O) groups excluding carboxylic acids is 1. The fraction of sp³-hybridized carbons (Fsp3) is 0.360. The normalized spacial score (nSPS) is 13.8. The van der Waals surface area contributed by atoms with Gasteiger partial charge >= 0.3 is 0 Å². The Morgan fingerprint density at radius 3 is 2.42 bits per heavy atom. The Morgan fingerprint density at radius 1 is 1.06 bits per heavy atom. The molecule has 162 valence electrons. The van der Waals surface area contributed by atoms with Crippen LogP contribution in [0, 0.1) is 6.92 Å². The number of aromatic nitrogens is 1. The Bertz CT molecular complexity index is 992. The number of rotatable bonds is 7. The number of nitrogens with zero attached hydrogens (tertiary/aromatic N) is 3. The van der Waals surface area contributed by atoms with Crippen LogP contribution in [-0.4, -0.2) is 35.9 Å². The maximum Gasteiger partial charge on any atom is 0.253 e. The number of ether oxygens (including phenoxy) is 1. The van der Waals surface area contributed by atoms with Gasteiger partial charge < -0.3 is 14.5 Å². The number of anilines is 1. The van der Waals surface area contributed by atoms with E-state index in [0.29, 0.717) is 18.7 Å². The third-order valence-electron chi connectivity index (χ3n) is 5.58. The molecule has 2 aromatic carbocycles. The predicted molar refractivity (Wildman–Crippen MR) is 126 cm³/mol. The van der Waals surface area contributed by atoms with Gasteiger partial charge in [-0.2, -0.15) is 0 Å². The second-order valence-corrected chi connectivity index (χ2v) is 9.11. The molecule has 1 amide bonds. The number of hydrogen-bond donors (Lipinski definition) is 0. The van der Waals surface area contributed by atoms with Crippen molar-refractivity contribution in [3.05, 3.63) is 75.7 Å². The van der Waals surface area contributed by atoms with E-state index in [1.54, 1.807) is 16.2 Å². The molecule has 3 aromatic rings. The zero-order valence-electron chi connectivity index (χ0n) is 18.2. The first-order chi connectivity index (χ1) is 15.1. The van der Waals surface area contributed by atoms with Gasteiger partial charge in [-0.05, 0) is 68.1 Å². The lowest BCUT2D eigenvalue weighted by atomic mass is 10.1. The maximum atomic E-state index is 12.8. The van der Waals surface area contributed by atoms with E-state index in [1.807, 2.05) is 43.6 Å². The first-order valence-electron chi connectivity index (χ1n) is 10.8. The lowest BCUT2D eigenvalue weighted by molar-refractivity contribution is 0.0785. The summed E-state index contributed by atoms with van der Waals surface area (Å²) in [6.45, 7) is 5.28. The van der Waals surface area contributed by atoms with Crippen LogP contribution in [-0.2, 0) is 13.2 Å². The third kappa shape index (κ3) is 5.64.